The van der Waals surface area contributed by atoms with E-state index in [-0.39, 0.29) is 11.6 Å². The first kappa shape index (κ1) is 9.39. The van der Waals surface area contributed by atoms with Crippen molar-refractivity contribution in [1.29, 1.82) is 0 Å². The molecule has 0 atom stereocenters. The van der Waals surface area contributed by atoms with Gasteiger partial charge in [-0.15, -0.1) is 0 Å². The average molecular weight is 231 g/mol. The van der Waals surface area contributed by atoms with Crippen LogP contribution in [0.4, 0.5) is 4.39 Å². The second-order valence-corrected chi connectivity index (χ2v) is 3.44. The number of hydrogen-bond donors (Lipinski definition) is 0. The quantitative estimate of drug-likeness (QED) is 0.678. The number of halogens is 2. The smallest absolute Gasteiger partial charge is 0.160 e. The van der Waals surface area contributed by atoms with Gasteiger partial charge in [-0.3, -0.25) is 4.79 Å². The highest BCUT2D eigenvalue weighted by atomic mass is 79.9. The molecule has 64 valence electrons. The molecule has 1 aromatic carbocycles. The highest BCUT2D eigenvalue weighted by Gasteiger charge is 2.10. The first-order chi connectivity index (χ1) is 5.54. The molecule has 0 aromatic heterocycles. The van der Waals surface area contributed by atoms with E-state index in [0.717, 1.165) is 0 Å². The van der Waals surface area contributed by atoms with E-state index in [1.165, 1.54) is 6.92 Å². The van der Waals surface area contributed by atoms with Crippen molar-refractivity contribution in [2.75, 3.05) is 0 Å². The molecule has 0 aliphatic heterocycles. The van der Waals surface area contributed by atoms with Gasteiger partial charge in [0.25, 0.3) is 0 Å². The number of Topliss-reactive ketones (excluding diaryl/α,β-unsaturated/α-hetero) is 1. The number of benzene rings is 1. The summed E-state index contributed by atoms with van der Waals surface area (Å²) in [7, 11) is 0. The van der Waals surface area contributed by atoms with E-state index in [4.69, 9.17) is 0 Å². The summed E-state index contributed by atoms with van der Waals surface area (Å²) in [5, 5.41) is 0. The molecule has 0 saturated carbocycles. The Balaban J connectivity index is 3.36. The molecule has 0 aliphatic carbocycles. The van der Waals surface area contributed by atoms with Crippen LogP contribution in [-0.4, -0.2) is 5.78 Å². The third kappa shape index (κ3) is 1.55. The van der Waals surface area contributed by atoms with Gasteiger partial charge in [-0.05, 0) is 47.5 Å². The largest absolute Gasteiger partial charge is 0.294 e. The average Bonchev–Trinajstić information content (AvgIpc) is 2.00. The van der Waals surface area contributed by atoms with E-state index >= 15 is 0 Å². The van der Waals surface area contributed by atoms with Crippen LogP contribution in [0.3, 0.4) is 0 Å². The van der Waals surface area contributed by atoms with E-state index in [0.29, 0.717) is 15.6 Å². The fourth-order valence-corrected chi connectivity index (χ4v) is 1.46. The molecule has 0 heterocycles. The van der Waals surface area contributed by atoms with Gasteiger partial charge in [0.1, 0.15) is 5.82 Å². The van der Waals surface area contributed by atoms with Crippen molar-refractivity contribution in [2.45, 2.75) is 13.8 Å². The molecule has 12 heavy (non-hydrogen) atoms. The van der Waals surface area contributed by atoms with Crippen molar-refractivity contribution in [3.05, 3.63) is 33.5 Å². The Bertz CT molecular complexity index is 334. The zero-order valence-corrected chi connectivity index (χ0v) is 8.40. The molecule has 1 rings (SSSR count). The number of carbonyl (C=O) groups excluding carboxylic acids is 1. The molecule has 3 heteroatoms. The van der Waals surface area contributed by atoms with Gasteiger partial charge in [0.15, 0.2) is 5.78 Å². The summed E-state index contributed by atoms with van der Waals surface area (Å²) in [4.78, 5) is 10.9. The van der Waals surface area contributed by atoms with Crippen molar-refractivity contribution in [1.82, 2.24) is 0 Å². The lowest BCUT2D eigenvalue weighted by Crippen LogP contribution is -1.98. The maximum absolute atomic E-state index is 13.2. The second kappa shape index (κ2) is 3.35. The van der Waals surface area contributed by atoms with E-state index in [1.54, 1.807) is 19.1 Å². The zero-order valence-electron chi connectivity index (χ0n) is 6.82. The van der Waals surface area contributed by atoms with E-state index < -0.39 is 0 Å². The Labute approximate surface area is 78.7 Å². The fraction of sp³-hybridized carbons (Fsp3) is 0.222. The molecule has 0 unspecified atom stereocenters. The molecule has 0 spiro atoms. The van der Waals surface area contributed by atoms with Crippen molar-refractivity contribution >= 4 is 21.7 Å². The van der Waals surface area contributed by atoms with Crippen LogP contribution in [0.25, 0.3) is 0 Å². The molecular formula is C9H8BrFO. The lowest BCUT2D eigenvalue weighted by molar-refractivity contribution is 0.101. The van der Waals surface area contributed by atoms with Crippen LogP contribution in [0.15, 0.2) is 16.6 Å². The Hall–Kier alpha value is -0.700. The maximum atomic E-state index is 13.2. The summed E-state index contributed by atoms with van der Waals surface area (Å²) in [6.45, 7) is 3.02. The summed E-state index contributed by atoms with van der Waals surface area (Å²) < 4.78 is 13.5. The second-order valence-electron chi connectivity index (χ2n) is 2.59. The van der Waals surface area contributed by atoms with Crippen molar-refractivity contribution in [3.8, 4) is 0 Å². The lowest BCUT2D eigenvalue weighted by Gasteiger charge is -2.03. The molecule has 0 N–H and O–H groups in total. The Morgan fingerprint density at radius 1 is 1.50 bits per heavy atom. The monoisotopic (exact) mass is 230 g/mol. The van der Waals surface area contributed by atoms with Crippen molar-refractivity contribution < 1.29 is 9.18 Å². The Morgan fingerprint density at radius 2 is 2.08 bits per heavy atom. The first-order valence-corrected chi connectivity index (χ1v) is 4.29. The van der Waals surface area contributed by atoms with E-state index in [9.17, 15) is 9.18 Å². The minimum absolute atomic E-state index is 0.112. The fourth-order valence-electron chi connectivity index (χ4n) is 1.03. The van der Waals surface area contributed by atoms with Gasteiger partial charge in [-0.25, -0.2) is 4.39 Å². The van der Waals surface area contributed by atoms with Crippen LogP contribution < -0.4 is 0 Å². The van der Waals surface area contributed by atoms with Gasteiger partial charge in [0.2, 0.25) is 0 Å². The summed E-state index contributed by atoms with van der Waals surface area (Å²) in [6.07, 6.45) is 0. The summed E-state index contributed by atoms with van der Waals surface area (Å²) in [5.41, 5.74) is 0.840. The highest BCUT2D eigenvalue weighted by Crippen LogP contribution is 2.21. The molecule has 0 bridgehead atoms. The summed E-state index contributed by atoms with van der Waals surface area (Å²) in [5.74, 6) is -0.471. The van der Waals surface area contributed by atoms with Crippen LogP contribution >= 0.6 is 15.9 Å². The highest BCUT2D eigenvalue weighted by molar-refractivity contribution is 9.10. The number of ketones is 1. The van der Waals surface area contributed by atoms with Crippen LogP contribution in [0.2, 0.25) is 0 Å². The number of carbonyl (C=O) groups is 1. The number of hydrogen-bond acceptors (Lipinski definition) is 1. The lowest BCUT2D eigenvalue weighted by atomic mass is 10.1. The van der Waals surface area contributed by atoms with Crippen LogP contribution in [0, 0.1) is 12.7 Å². The van der Waals surface area contributed by atoms with Gasteiger partial charge in [-0.2, -0.15) is 0 Å². The molecule has 0 fully saturated rings. The van der Waals surface area contributed by atoms with Gasteiger partial charge >= 0.3 is 0 Å². The van der Waals surface area contributed by atoms with Crippen molar-refractivity contribution in [2.24, 2.45) is 0 Å². The predicted octanol–water partition coefficient (Wildman–Crippen LogP) is 3.10. The molecule has 0 radical (unpaired) electrons. The van der Waals surface area contributed by atoms with Gasteiger partial charge in [-0.1, -0.05) is 0 Å². The standard InChI is InChI=1S/C9H8BrFO/c1-5-7(6(2)12)3-4-8(10)9(5)11/h3-4H,1-2H3. The minimum Gasteiger partial charge on any atom is -0.294 e. The SMILES string of the molecule is CC(=O)c1ccc(Br)c(F)c1C. The third-order valence-corrected chi connectivity index (χ3v) is 2.33. The van der Waals surface area contributed by atoms with Crippen molar-refractivity contribution in [3.63, 3.8) is 0 Å². The van der Waals surface area contributed by atoms with Crippen LogP contribution in [0.1, 0.15) is 22.8 Å². The summed E-state index contributed by atoms with van der Waals surface area (Å²) >= 11 is 3.04. The maximum Gasteiger partial charge on any atom is 0.160 e. The van der Waals surface area contributed by atoms with E-state index in [1.807, 2.05) is 0 Å². The molecule has 0 saturated heterocycles. The Kier molecular flexibility index (Phi) is 2.62. The summed E-state index contributed by atoms with van der Waals surface area (Å²) in [6, 6.07) is 3.16. The molecule has 0 aliphatic rings. The molecule has 1 aromatic rings. The molecule has 0 amide bonds. The molecule has 1 nitrogen and oxygen atoms in total. The third-order valence-electron chi connectivity index (χ3n) is 1.72. The zero-order chi connectivity index (χ0) is 9.30. The topological polar surface area (TPSA) is 17.1 Å². The predicted molar refractivity (Wildman–Crippen MR) is 48.8 cm³/mol. The van der Waals surface area contributed by atoms with Crippen LogP contribution in [0.5, 0.6) is 0 Å². The minimum atomic E-state index is -0.359. The first-order valence-electron chi connectivity index (χ1n) is 3.49. The Morgan fingerprint density at radius 3 is 2.58 bits per heavy atom. The molecular weight excluding hydrogens is 223 g/mol. The normalized spacial score (nSPS) is 10.0. The van der Waals surface area contributed by atoms with Gasteiger partial charge in [0.05, 0.1) is 4.47 Å². The van der Waals surface area contributed by atoms with E-state index in [2.05, 4.69) is 15.9 Å². The van der Waals surface area contributed by atoms with Crippen LogP contribution in [-0.2, 0) is 0 Å². The number of rotatable bonds is 1. The van der Waals surface area contributed by atoms with Gasteiger partial charge in [0, 0.05) is 5.56 Å². The van der Waals surface area contributed by atoms with Gasteiger partial charge < -0.3 is 0 Å².